The lowest BCUT2D eigenvalue weighted by molar-refractivity contribution is 0.0698. The maximum atomic E-state index is 13.9. The number of halogens is 2. The molecule has 0 aliphatic heterocycles. The highest BCUT2D eigenvalue weighted by molar-refractivity contribution is 7.92. The van der Waals surface area contributed by atoms with E-state index in [0.29, 0.717) is 11.1 Å². The molecule has 0 amide bonds. The minimum atomic E-state index is -4.04. The molecule has 3 rings (SSSR count). The molecule has 8 heteroatoms. The average Bonchev–Trinajstić information content (AvgIpc) is 2.63. The number of benzene rings is 3. The predicted molar refractivity (Wildman–Crippen MR) is 101 cm³/mol. The molecule has 5 nitrogen and oxygen atoms in total. The maximum Gasteiger partial charge on any atom is 0.337 e. The highest BCUT2D eigenvalue weighted by Gasteiger charge is 2.19. The van der Waals surface area contributed by atoms with Gasteiger partial charge in [0.25, 0.3) is 10.0 Å². The van der Waals surface area contributed by atoms with Gasteiger partial charge in [-0.2, -0.15) is 0 Å². The lowest BCUT2D eigenvalue weighted by Crippen LogP contribution is -2.15. The van der Waals surface area contributed by atoms with Crippen LogP contribution in [0.1, 0.15) is 10.4 Å². The van der Waals surface area contributed by atoms with Gasteiger partial charge >= 0.3 is 5.97 Å². The summed E-state index contributed by atoms with van der Waals surface area (Å²) in [5, 5.41) is 9.39. The van der Waals surface area contributed by atoms with Gasteiger partial charge in [0.15, 0.2) is 0 Å². The zero-order valence-electron chi connectivity index (χ0n) is 13.7. The number of hydrogen-bond donors (Lipinski definition) is 2. The number of sulfonamides is 1. The van der Waals surface area contributed by atoms with Crippen molar-refractivity contribution < 1.29 is 22.7 Å². The molecule has 0 saturated heterocycles. The van der Waals surface area contributed by atoms with Crippen molar-refractivity contribution in [2.24, 2.45) is 0 Å². The largest absolute Gasteiger partial charge is 0.478 e. The average molecular weight is 406 g/mol. The van der Waals surface area contributed by atoms with Crippen molar-refractivity contribution in [1.82, 2.24) is 0 Å². The number of carboxylic acid groups (broad SMARTS) is 1. The fraction of sp³-hybridized carbons (Fsp3) is 0. The fourth-order valence-electron chi connectivity index (χ4n) is 2.50. The molecule has 0 saturated carbocycles. The minimum Gasteiger partial charge on any atom is -0.478 e. The Morgan fingerprint density at radius 3 is 2.30 bits per heavy atom. The summed E-state index contributed by atoms with van der Waals surface area (Å²) < 4.78 is 41.2. The Balaban J connectivity index is 1.93. The van der Waals surface area contributed by atoms with E-state index in [2.05, 4.69) is 4.72 Å². The molecule has 0 radical (unpaired) electrons. The minimum absolute atomic E-state index is 0.0890. The van der Waals surface area contributed by atoms with Gasteiger partial charge in [0, 0.05) is 10.6 Å². The van der Waals surface area contributed by atoms with Gasteiger partial charge in [-0.05, 0) is 42.0 Å². The van der Waals surface area contributed by atoms with E-state index in [0.717, 1.165) is 6.07 Å². The summed E-state index contributed by atoms with van der Waals surface area (Å²) in [4.78, 5) is 11.2. The van der Waals surface area contributed by atoms with E-state index in [4.69, 9.17) is 11.6 Å². The van der Waals surface area contributed by atoms with Gasteiger partial charge in [-0.1, -0.05) is 41.9 Å². The van der Waals surface area contributed by atoms with Crippen molar-refractivity contribution in [2.75, 3.05) is 4.72 Å². The smallest absolute Gasteiger partial charge is 0.337 e. The molecule has 0 fully saturated rings. The van der Waals surface area contributed by atoms with Gasteiger partial charge in [0.2, 0.25) is 0 Å². The van der Waals surface area contributed by atoms with Crippen LogP contribution in [0, 0.1) is 5.82 Å². The third-order valence-corrected chi connectivity index (χ3v) is 5.42. The van der Waals surface area contributed by atoms with Crippen molar-refractivity contribution in [3.05, 3.63) is 83.1 Å². The third kappa shape index (κ3) is 4.10. The summed E-state index contributed by atoms with van der Waals surface area (Å²) in [6, 6.07) is 15.6. The van der Waals surface area contributed by atoms with Gasteiger partial charge in [-0.15, -0.1) is 0 Å². The Labute approximate surface area is 160 Å². The Hall–Kier alpha value is -2.90. The first-order valence-corrected chi connectivity index (χ1v) is 9.55. The molecule has 0 bridgehead atoms. The second-order valence-corrected chi connectivity index (χ2v) is 7.72. The number of carboxylic acids is 1. The van der Waals surface area contributed by atoms with Crippen LogP contribution in [0.25, 0.3) is 11.1 Å². The van der Waals surface area contributed by atoms with Crippen LogP contribution in [0.5, 0.6) is 0 Å². The standard InChI is InChI=1S/C19H13ClFNO4S/c20-13-7-10-18(16(11-13)19(23)24)22-27(25,26)14-8-5-12(6-9-14)15-3-1-2-4-17(15)21/h1-11,22H,(H,23,24). The molecule has 0 spiro atoms. The van der Waals surface area contributed by atoms with E-state index < -0.39 is 21.8 Å². The van der Waals surface area contributed by atoms with Crippen molar-refractivity contribution in [3.63, 3.8) is 0 Å². The number of rotatable bonds is 5. The van der Waals surface area contributed by atoms with Crippen molar-refractivity contribution >= 4 is 33.3 Å². The van der Waals surface area contributed by atoms with E-state index in [-0.39, 0.29) is 21.2 Å². The van der Waals surface area contributed by atoms with Crippen LogP contribution in [-0.4, -0.2) is 19.5 Å². The Morgan fingerprint density at radius 2 is 1.67 bits per heavy atom. The highest BCUT2D eigenvalue weighted by Crippen LogP contribution is 2.26. The van der Waals surface area contributed by atoms with E-state index in [9.17, 15) is 22.7 Å². The van der Waals surface area contributed by atoms with Gasteiger partial charge in [0.05, 0.1) is 16.1 Å². The van der Waals surface area contributed by atoms with Gasteiger partial charge in [-0.25, -0.2) is 17.6 Å². The summed E-state index contributed by atoms with van der Waals surface area (Å²) in [6.45, 7) is 0. The molecule has 27 heavy (non-hydrogen) atoms. The number of hydrogen-bond acceptors (Lipinski definition) is 3. The van der Waals surface area contributed by atoms with E-state index in [1.807, 2.05) is 0 Å². The van der Waals surface area contributed by atoms with Crippen LogP contribution in [0.15, 0.2) is 71.6 Å². The Kier molecular flexibility index (Phi) is 5.16. The summed E-state index contributed by atoms with van der Waals surface area (Å²) in [5.41, 5.74) is 0.490. The van der Waals surface area contributed by atoms with Gasteiger partial charge in [0.1, 0.15) is 5.82 Å². The van der Waals surface area contributed by atoms with E-state index >= 15 is 0 Å². The monoisotopic (exact) mass is 405 g/mol. The second-order valence-electron chi connectivity index (χ2n) is 5.60. The van der Waals surface area contributed by atoms with Crippen LogP contribution >= 0.6 is 11.6 Å². The topological polar surface area (TPSA) is 83.5 Å². The van der Waals surface area contributed by atoms with Crippen molar-refractivity contribution in [1.29, 1.82) is 0 Å². The number of anilines is 1. The molecule has 0 heterocycles. The molecule has 0 atom stereocenters. The first-order chi connectivity index (χ1) is 12.8. The van der Waals surface area contributed by atoms with Crippen LogP contribution in [0.4, 0.5) is 10.1 Å². The lowest BCUT2D eigenvalue weighted by Gasteiger charge is -2.11. The van der Waals surface area contributed by atoms with Crippen LogP contribution < -0.4 is 4.72 Å². The fourth-order valence-corrected chi connectivity index (χ4v) is 3.75. The van der Waals surface area contributed by atoms with Gasteiger partial charge < -0.3 is 5.11 Å². The molecule has 2 N–H and O–H groups in total. The van der Waals surface area contributed by atoms with Crippen molar-refractivity contribution in [2.45, 2.75) is 4.90 Å². The molecule has 138 valence electrons. The van der Waals surface area contributed by atoms with E-state index in [1.165, 1.54) is 42.5 Å². The molecule has 0 aromatic heterocycles. The second kappa shape index (κ2) is 7.38. The SMILES string of the molecule is O=C(O)c1cc(Cl)ccc1NS(=O)(=O)c1ccc(-c2ccccc2F)cc1. The highest BCUT2D eigenvalue weighted by atomic mass is 35.5. The van der Waals surface area contributed by atoms with Gasteiger partial charge in [-0.3, -0.25) is 4.72 Å². The Morgan fingerprint density at radius 1 is 1.00 bits per heavy atom. The van der Waals surface area contributed by atoms with Crippen molar-refractivity contribution in [3.8, 4) is 11.1 Å². The molecule has 0 aliphatic carbocycles. The maximum absolute atomic E-state index is 13.9. The zero-order valence-corrected chi connectivity index (χ0v) is 15.3. The summed E-state index contributed by atoms with van der Waals surface area (Å²) >= 11 is 5.77. The number of nitrogens with one attached hydrogen (secondary N) is 1. The first kappa shape index (κ1) is 18.9. The quantitative estimate of drug-likeness (QED) is 0.647. The first-order valence-electron chi connectivity index (χ1n) is 7.68. The normalized spacial score (nSPS) is 11.2. The third-order valence-electron chi connectivity index (χ3n) is 3.81. The zero-order chi connectivity index (χ0) is 19.6. The predicted octanol–water partition coefficient (Wildman–Crippen LogP) is 4.65. The van der Waals surface area contributed by atoms with Crippen LogP contribution in [0.2, 0.25) is 5.02 Å². The molecular weight excluding hydrogens is 393 g/mol. The number of aromatic carboxylic acids is 1. The molecule has 0 aliphatic rings. The number of carbonyl (C=O) groups is 1. The van der Waals surface area contributed by atoms with E-state index in [1.54, 1.807) is 18.2 Å². The molecule has 3 aromatic carbocycles. The Bertz CT molecular complexity index is 1110. The summed E-state index contributed by atoms with van der Waals surface area (Å²) in [7, 11) is -4.04. The molecular formula is C19H13ClFNO4S. The lowest BCUT2D eigenvalue weighted by atomic mass is 10.1. The molecule has 0 unspecified atom stereocenters. The van der Waals surface area contributed by atoms with Crippen LogP contribution in [0.3, 0.4) is 0 Å². The molecule has 3 aromatic rings. The summed E-state index contributed by atoms with van der Waals surface area (Å²) in [5.74, 6) is -1.73. The summed E-state index contributed by atoms with van der Waals surface area (Å²) in [6.07, 6.45) is 0. The van der Waals surface area contributed by atoms with Crippen LogP contribution in [-0.2, 0) is 10.0 Å².